The average molecular weight is 259 g/mol. The van der Waals surface area contributed by atoms with E-state index in [9.17, 15) is 5.11 Å². The van der Waals surface area contributed by atoms with Crippen molar-refractivity contribution >= 4 is 0 Å². The van der Waals surface area contributed by atoms with Crippen molar-refractivity contribution in [3.8, 4) is 0 Å². The van der Waals surface area contributed by atoms with Crippen LogP contribution < -0.4 is 5.32 Å². The largest absolute Gasteiger partial charge is 0.387 e. The van der Waals surface area contributed by atoms with Gasteiger partial charge < -0.3 is 10.4 Å². The fraction of sp³-hybridized carbons (Fsp3) is 0.400. The smallest absolute Gasteiger partial charge is 0.0914 e. The zero-order chi connectivity index (χ0) is 13.8. The highest BCUT2D eigenvalue weighted by Gasteiger charge is 2.13. The van der Waals surface area contributed by atoms with Crippen LogP contribution in [-0.2, 0) is 7.05 Å². The number of hydrogen-bond acceptors (Lipinski definition) is 3. The summed E-state index contributed by atoms with van der Waals surface area (Å²) in [6.07, 6.45) is 1.53. The van der Waals surface area contributed by atoms with Crippen molar-refractivity contribution in [2.24, 2.45) is 7.05 Å². The molecule has 2 rings (SSSR count). The summed E-state index contributed by atoms with van der Waals surface area (Å²) < 4.78 is 1.82. The lowest BCUT2D eigenvalue weighted by molar-refractivity contribution is 0.171. The van der Waals surface area contributed by atoms with Gasteiger partial charge in [0.15, 0.2) is 0 Å². The molecule has 2 unspecified atom stereocenters. The number of nitrogens with zero attached hydrogens (tertiary/aromatic N) is 2. The highest BCUT2D eigenvalue weighted by atomic mass is 16.3. The molecular formula is C15H21N3O. The quantitative estimate of drug-likeness (QED) is 0.864. The number of hydrogen-bond donors (Lipinski definition) is 2. The second kappa shape index (κ2) is 5.99. The standard InChI is InChI=1S/C15H21N3O/c1-11(14-10-18(3)17-12(14)2)16-9-15(19)13-7-5-4-6-8-13/h4-8,10-11,15-16,19H,9H2,1-3H3. The van der Waals surface area contributed by atoms with Gasteiger partial charge in [-0.25, -0.2) is 0 Å². The third-order valence-electron chi connectivity index (χ3n) is 3.32. The highest BCUT2D eigenvalue weighted by molar-refractivity contribution is 5.20. The Kier molecular flexibility index (Phi) is 4.35. The van der Waals surface area contributed by atoms with Gasteiger partial charge >= 0.3 is 0 Å². The number of aryl methyl sites for hydroxylation is 2. The average Bonchev–Trinajstić information content (AvgIpc) is 2.75. The van der Waals surface area contributed by atoms with E-state index in [0.29, 0.717) is 6.54 Å². The summed E-state index contributed by atoms with van der Waals surface area (Å²) in [5.74, 6) is 0. The Bertz CT molecular complexity index is 521. The molecule has 0 aliphatic carbocycles. The molecule has 0 aliphatic rings. The number of aliphatic hydroxyl groups excluding tert-OH is 1. The van der Waals surface area contributed by atoms with E-state index in [1.165, 1.54) is 5.56 Å². The van der Waals surface area contributed by atoms with Gasteiger partial charge in [0.2, 0.25) is 0 Å². The molecule has 2 N–H and O–H groups in total. The minimum absolute atomic E-state index is 0.173. The van der Waals surface area contributed by atoms with Crippen LogP contribution in [0.5, 0.6) is 0 Å². The van der Waals surface area contributed by atoms with Crippen LogP contribution in [0.1, 0.15) is 35.9 Å². The molecule has 0 amide bonds. The third kappa shape index (κ3) is 3.43. The van der Waals surface area contributed by atoms with Crippen molar-refractivity contribution in [1.29, 1.82) is 0 Å². The SMILES string of the molecule is Cc1nn(C)cc1C(C)NCC(O)c1ccccc1. The molecule has 1 heterocycles. The van der Waals surface area contributed by atoms with Crippen LogP contribution in [-0.4, -0.2) is 21.4 Å². The van der Waals surface area contributed by atoms with Crippen LogP contribution in [0.4, 0.5) is 0 Å². The maximum atomic E-state index is 10.1. The number of aliphatic hydroxyl groups is 1. The van der Waals surface area contributed by atoms with Crippen LogP contribution in [0.3, 0.4) is 0 Å². The molecule has 2 aromatic rings. The van der Waals surface area contributed by atoms with Crippen LogP contribution >= 0.6 is 0 Å². The lowest BCUT2D eigenvalue weighted by atomic mass is 10.1. The summed E-state index contributed by atoms with van der Waals surface area (Å²) in [5.41, 5.74) is 3.13. The van der Waals surface area contributed by atoms with Gasteiger partial charge in [-0.05, 0) is 19.4 Å². The zero-order valence-electron chi connectivity index (χ0n) is 11.7. The first-order valence-electron chi connectivity index (χ1n) is 6.54. The summed E-state index contributed by atoms with van der Waals surface area (Å²) in [4.78, 5) is 0. The van der Waals surface area contributed by atoms with E-state index in [2.05, 4.69) is 17.3 Å². The molecule has 0 spiro atoms. The van der Waals surface area contributed by atoms with Crippen LogP contribution in [0, 0.1) is 6.92 Å². The van der Waals surface area contributed by atoms with E-state index in [4.69, 9.17) is 0 Å². The minimum atomic E-state index is -0.486. The molecular weight excluding hydrogens is 238 g/mol. The number of rotatable bonds is 5. The fourth-order valence-electron chi connectivity index (χ4n) is 2.23. The molecule has 1 aromatic carbocycles. The molecule has 0 saturated heterocycles. The molecule has 0 aliphatic heterocycles. The molecule has 102 valence electrons. The number of benzene rings is 1. The predicted octanol–water partition coefficient (Wildman–Crippen LogP) is 2.11. The van der Waals surface area contributed by atoms with Crippen molar-refractivity contribution < 1.29 is 5.11 Å². The molecule has 0 radical (unpaired) electrons. The second-order valence-corrected chi connectivity index (χ2v) is 4.90. The number of nitrogens with one attached hydrogen (secondary N) is 1. The van der Waals surface area contributed by atoms with Gasteiger partial charge in [-0.15, -0.1) is 0 Å². The molecule has 0 saturated carbocycles. The monoisotopic (exact) mass is 259 g/mol. The van der Waals surface area contributed by atoms with Gasteiger partial charge in [-0.3, -0.25) is 4.68 Å². The maximum Gasteiger partial charge on any atom is 0.0914 e. The Morgan fingerprint density at radius 2 is 2.00 bits per heavy atom. The van der Waals surface area contributed by atoms with E-state index in [0.717, 1.165) is 11.3 Å². The van der Waals surface area contributed by atoms with E-state index >= 15 is 0 Å². The van der Waals surface area contributed by atoms with Gasteiger partial charge in [0.1, 0.15) is 0 Å². The Morgan fingerprint density at radius 3 is 2.58 bits per heavy atom. The Balaban J connectivity index is 1.94. The first-order chi connectivity index (χ1) is 9.08. The van der Waals surface area contributed by atoms with Crippen LogP contribution in [0.2, 0.25) is 0 Å². The van der Waals surface area contributed by atoms with Crippen molar-refractivity contribution in [2.45, 2.75) is 26.0 Å². The Hall–Kier alpha value is -1.65. The fourth-order valence-corrected chi connectivity index (χ4v) is 2.23. The lowest BCUT2D eigenvalue weighted by Crippen LogP contribution is -2.24. The third-order valence-corrected chi connectivity index (χ3v) is 3.32. The molecule has 1 aromatic heterocycles. The highest BCUT2D eigenvalue weighted by Crippen LogP contribution is 2.17. The minimum Gasteiger partial charge on any atom is -0.387 e. The molecule has 0 bridgehead atoms. The van der Waals surface area contributed by atoms with Gasteiger partial charge in [-0.2, -0.15) is 5.10 Å². The van der Waals surface area contributed by atoms with Gasteiger partial charge in [0, 0.05) is 31.4 Å². The summed E-state index contributed by atoms with van der Waals surface area (Å²) in [6.45, 7) is 4.61. The van der Waals surface area contributed by atoms with Gasteiger partial charge in [0.25, 0.3) is 0 Å². The summed E-state index contributed by atoms with van der Waals surface area (Å²) in [6, 6.07) is 9.87. The van der Waals surface area contributed by atoms with E-state index in [1.807, 2.05) is 55.2 Å². The molecule has 0 fully saturated rings. The van der Waals surface area contributed by atoms with Crippen molar-refractivity contribution in [3.05, 3.63) is 53.3 Å². The molecule has 19 heavy (non-hydrogen) atoms. The topological polar surface area (TPSA) is 50.1 Å². The summed E-state index contributed by atoms with van der Waals surface area (Å²) in [7, 11) is 1.92. The Labute approximate surface area is 114 Å². The lowest BCUT2D eigenvalue weighted by Gasteiger charge is -2.17. The van der Waals surface area contributed by atoms with Crippen LogP contribution in [0.15, 0.2) is 36.5 Å². The van der Waals surface area contributed by atoms with Gasteiger partial charge in [0.05, 0.1) is 11.8 Å². The zero-order valence-corrected chi connectivity index (χ0v) is 11.7. The van der Waals surface area contributed by atoms with E-state index in [1.54, 1.807) is 0 Å². The molecule has 2 atom stereocenters. The van der Waals surface area contributed by atoms with Crippen molar-refractivity contribution in [2.75, 3.05) is 6.54 Å². The van der Waals surface area contributed by atoms with E-state index in [-0.39, 0.29) is 6.04 Å². The normalized spacial score (nSPS) is 14.3. The number of aromatic nitrogens is 2. The van der Waals surface area contributed by atoms with Crippen LogP contribution in [0.25, 0.3) is 0 Å². The van der Waals surface area contributed by atoms with Crippen molar-refractivity contribution in [1.82, 2.24) is 15.1 Å². The first kappa shape index (κ1) is 13.8. The molecule has 4 heteroatoms. The van der Waals surface area contributed by atoms with E-state index < -0.39 is 6.10 Å². The van der Waals surface area contributed by atoms with Gasteiger partial charge in [-0.1, -0.05) is 30.3 Å². The maximum absolute atomic E-state index is 10.1. The van der Waals surface area contributed by atoms with Crippen molar-refractivity contribution in [3.63, 3.8) is 0 Å². The summed E-state index contributed by atoms with van der Waals surface area (Å²) >= 11 is 0. The summed E-state index contributed by atoms with van der Waals surface area (Å²) in [5, 5.41) is 17.8. The first-order valence-corrected chi connectivity index (χ1v) is 6.54. The Morgan fingerprint density at radius 1 is 1.32 bits per heavy atom. The molecule has 4 nitrogen and oxygen atoms in total. The predicted molar refractivity (Wildman–Crippen MR) is 75.8 cm³/mol. The second-order valence-electron chi connectivity index (χ2n) is 4.90.